The molecule has 0 bridgehead atoms. The van der Waals surface area contributed by atoms with Crippen molar-refractivity contribution in [2.75, 3.05) is 12.5 Å². The molecular weight excluding hydrogens is 276 g/mol. The second-order valence-electron chi connectivity index (χ2n) is 4.31. The van der Waals surface area contributed by atoms with E-state index in [2.05, 4.69) is 22.3 Å². The molecule has 0 saturated carbocycles. The van der Waals surface area contributed by atoms with E-state index in [1.165, 1.54) is 0 Å². The van der Waals surface area contributed by atoms with Crippen molar-refractivity contribution in [3.63, 3.8) is 0 Å². The maximum absolute atomic E-state index is 6.13. The molecule has 0 aliphatic heterocycles. The van der Waals surface area contributed by atoms with E-state index in [1.54, 1.807) is 19.2 Å². The van der Waals surface area contributed by atoms with Crippen molar-refractivity contribution in [2.24, 2.45) is 5.84 Å². The second kappa shape index (κ2) is 6.54. The SMILES string of the molecule is CCCc1cc(NN)nc(-c2ccc(OC)c(Cl)c2)n1. The van der Waals surface area contributed by atoms with Crippen LogP contribution in [0.4, 0.5) is 5.82 Å². The van der Waals surface area contributed by atoms with Crippen molar-refractivity contribution in [1.29, 1.82) is 0 Å². The summed E-state index contributed by atoms with van der Waals surface area (Å²) in [4.78, 5) is 8.89. The van der Waals surface area contributed by atoms with Crippen LogP contribution in [0.25, 0.3) is 11.4 Å². The lowest BCUT2D eigenvalue weighted by molar-refractivity contribution is 0.415. The third-order valence-corrected chi connectivity index (χ3v) is 3.14. The summed E-state index contributed by atoms with van der Waals surface area (Å²) in [6.07, 6.45) is 1.87. The Morgan fingerprint density at radius 1 is 1.30 bits per heavy atom. The number of ether oxygens (including phenoxy) is 1. The topological polar surface area (TPSA) is 73.1 Å². The van der Waals surface area contributed by atoms with E-state index in [0.717, 1.165) is 24.1 Å². The van der Waals surface area contributed by atoms with E-state index in [1.807, 2.05) is 12.1 Å². The molecule has 6 heteroatoms. The maximum Gasteiger partial charge on any atom is 0.161 e. The fourth-order valence-electron chi connectivity index (χ4n) is 1.89. The largest absolute Gasteiger partial charge is 0.495 e. The first-order valence-electron chi connectivity index (χ1n) is 6.36. The molecule has 0 saturated heterocycles. The molecule has 3 N–H and O–H groups in total. The Morgan fingerprint density at radius 2 is 2.10 bits per heavy atom. The zero-order valence-corrected chi connectivity index (χ0v) is 12.2. The summed E-state index contributed by atoms with van der Waals surface area (Å²) in [6.45, 7) is 2.10. The van der Waals surface area contributed by atoms with Gasteiger partial charge in [0.05, 0.1) is 12.1 Å². The number of hydrogen-bond donors (Lipinski definition) is 2. The molecule has 20 heavy (non-hydrogen) atoms. The highest BCUT2D eigenvalue weighted by molar-refractivity contribution is 6.32. The number of nitrogen functional groups attached to an aromatic ring is 1. The van der Waals surface area contributed by atoms with E-state index in [4.69, 9.17) is 22.2 Å². The van der Waals surface area contributed by atoms with E-state index in [0.29, 0.717) is 22.4 Å². The Labute approximate surface area is 123 Å². The lowest BCUT2D eigenvalue weighted by Gasteiger charge is -2.09. The molecular formula is C14H17ClN4O. The smallest absolute Gasteiger partial charge is 0.161 e. The van der Waals surface area contributed by atoms with Gasteiger partial charge in [-0.25, -0.2) is 15.8 Å². The number of hydrogen-bond acceptors (Lipinski definition) is 5. The van der Waals surface area contributed by atoms with E-state index in [9.17, 15) is 0 Å². The molecule has 1 heterocycles. The molecule has 0 atom stereocenters. The van der Waals surface area contributed by atoms with Crippen molar-refractivity contribution in [1.82, 2.24) is 9.97 Å². The van der Waals surface area contributed by atoms with Crippen molar-refractivity contribution in [2.45, 2.75) is 19.8 Å². The van der Waals surface area contributed by atoms with Gasteiger partial charge in [0, 0.05) is 17.3 Å². The number of aromatic nitrogens is 2. The summed E-state index contributed by atoms with van der Waals surface area (Å²) in [5, 5.41) is 0.525. The summed E-state index contributed by atoms with van der Waals surface area (Å²) in [6, 6.07) is 7.29. The Morgan fingerprint density at radius 3 is 2.70 bits per heavy atom. The zero-order chi connectivity index (χ0) is 14.5. The lowest BCUT2D eigenvalue weighted by Crippen LogP contribution is -2.10. The number of nitrogens with zero attached hydrogens (tertiary/aromatic N) is 2. The number of benzene rings is 1. The van der Waals surface area contributed by atoms with Crippen LogP contribution in [0.2, 0.25) is 5.02 Å². The number of anilines is 1. The van der Waals surface area contributed by atoms with Crippen LogP contribution in [-0.4, -0.2) is 17.1 Å². The van der Waals surface area contributed by atoms with Gasteiger partial charge in [-0.05, 0) is 24.6 Å². The van der Waals surface area contributed by atoms with Crippen LogP contribution in [0.3, 0.4) is 0 Å². The lowest BCUT2D eigenvalue weighted by atomic mass is 10.2. The minimum atomic E-state index is 0.525. The molecule has 5 nitrogen and oxygen atoms in total. The third kappa shape index (κ3) is 3.18. The fourth-order valence-corrected chi connectivity index (χ4v) is 2.15. The first-order valence-corrected chi connectivity index (χ1v) is 6.74. The average Bonchev–Trinajstić information content (AvgIpc) is 2.47. The molecule has 2 aromatic rings. The monoisotopic (exact) mass is 292 g/mol. The Hall–Kier alpha value is -1.85. The highest BCUT2D eigenvalue weighted by Gasteiger charge is 2.09. The highest BCUT2D eigenvalue weighted by Crippen LogP contribution is 2.29. The van der Waals surface area contributed by atoms with Gasteiger partial charge >= 0.3 is 0 Å². The summed E-state index contributed by atoms with van der Waals surface area (Å²) >= 11 is 6.13. The van der Waals surface area contributed by atoms with Crippen molar-refractivity contribution < 1.29 is 4.74 Å². The van der Waals surface area contributed by atoms with Gasteiger partial charge in [0.15, 0.2) is 5.82 Å². The second-order valence-corrected chi connectivity index (χ2v) is 4.72. The van der Waals surface area contributed by atoms with Gasteiger partial charge in [-0.3, -0.25) is 0 Å². The molecule has 2 rings (SSSR count). The van der Waals surface area contributed by atoms with Gasteiger partial charge in [0.1, 0.15) is 11.6 Å². The predicted molar refractivity (Wildman–Crippen MR) is 80.8 cm³/mol. The normalized spacial score (nSPS) is 10.4. The van der Waals surface area contributed by atoms with Crippen LogP contribution in [0.5, 0.6) is 5.75 Å². The number of halogens is 1. The standard InChI is InChI=1S/C14H17ClN4O/c1-3-4-10-8-13(19-16)18-14(17-10)9-5-6-12(20-2)11(15)7-9/h5-8H,3-4,16H2,1-2H3,(H,17,18,19). The van der Waals surface area contributed by atoms with E-state index >= 15 is 0 Å². The molecule has 1 aromatic carbocycles. The molecule has 0 aliphatic carbocycles. The average molecular weight is 293 g/mol. The number of rotatable bonds is 5. The number of nitrogens with one attached hydrogen (secondary N) is 1. The van der Waals surface area contributed by atoms with Gasteiger partial charge in [-0.2, -0.15) is 0 Å². The van der Waals surface area contributed by atoms with Crippen LogP contribution in [-0.2, 0) is 6.42 Å². The van der Waals surface area contributed by atoms with Crippen LogP contribution in [0.15, 0.2) is 24.3 Å². The summed E-state index contributed by atoms with van der Waals surface area (Å²) in [5.74, 6) is 7.25. The van der Waals surface area contributed by atoms with Crippen molar-refractivity contribution in [3.8, 4) is 17.1 Å². The van der Waals surface area contributed by atoms with Gasteiger partial charge < -0.3 is 10.2 Å². The minimum Gasteiger partial charge on any atom is -0.495 e. The van der Waals surface area contributed by atoms with Gasteiger partial charge in [0.2, 0.25) is 0 Å². The Bertz CT molecular complexity index is 604. The molecule has 0 aliphatic rings. The molecule has 0 fully saturated rings. The molecule has 1 aromatic heterocycles. The van der Waals surface area contributed by atoms with Crippen molar-refractivity contribution in [3.05, 3.63) is 35.0 Å². The molecule has 106 valence electrons. The number of methoxy groups -OCH3 is 1. The van der Waals surface area contributed by atoms with E-state index < -0.39 is 0 Å². The predicted octanol–water partition coefficient (Wildman–Crippen LogP) is 3.04. The summed E-state index contributed by atoms with van der Waals surface area (Å²) in [5.41, 5.74) is 4.33. The zero-order valence-electron chi connectivity index (χ0n) is 11.5. The van der Waals surface area contributed by atoms with Crippen LogP contribution in [0, 0.1) is 0 Å². The van der Waals surface area contributed by atoms with Gasteiger partial charge in [-0.1, -0.05) is 24.9 Å². The quantitative estimate of drug-likeness (QED) is 0.654. The van der Waals surface area contributed by atoms with E-state index in [-0.39, 0.29) is 0 Å². The van der Waals surface area contributed by atoms with Crippen molar-refractivity contribution >= 4 is 17.4 Å². The highest BCUT2D eigenvalue weighted by atomic mass is 35.5. The summed E-state index contributed by atoms with van der Waals surface area (Å²) < 4.78 is 5.14. The Kier molecular flexibility index (Phi) is 4.76. The van der Waals surface area contributed by atoms with Gasteiger partial charge in [0.25, 0.3) is 0 Å². The number of nitrogens with two attached hydrogens (primary N) is 1. The number of hydrazine groups is 1. The summed E-state index contributed by atoms with van der Waals surface area (Å²) in [7, 11) is 1.58. The van der Waals surface area contributed by atoms with Crippen LogP contribution >= 0.6 is 11.6 Å². The fraction of sp³-hybridized carbons (Fsp3) is 0.286. The molecule has 0 amide bonds. The third-order valence-electron chi connectivity index (χ3n) is 2.84. The maximum atomic E-state index is 6.13. The first-order chi connectivity index (χ1) is 9.67. The first kappa shape index (κ1) is 14.6. The number of aryl methyl sites for hydroxylation is 1. The molecule has 0 radical (unpaired) electrons. The minimum absolute atomic E-state index is 0.525. The Balaban J connectivity index is 2.45. The van der Waals surface area contributed by atoms with Gasteiger partial charge in [-0.15, -0.1) is 0 Å². The van der Waals surface area contributed by atoms with Crippen LogP contribution in [0.1, 0.15) is 19.0 Å². The van der Waals surface area contributed by atoms with Crippen LogP contribution < -0.4 is 16.0 Å². The molecule has 0 spiro atoms. The molecule has 0 unspecified atom stereocenters.